The Kier molecular flexibility index (Phi) is 1.62. The molecule has 12 heavy (non-hydrogen) atoms. The van der Waals surface area contributed by atoms with E-state index in [1.165, 1.54) is 6.21 Å². The van der Waals surface area contributed by atoms with E-state index in [2.05, 4.69) is 4.98 Å². The summed E-state index contributed by atoms with van der Waals surface area (Å²) in [5, 5.41) is 8.82. The Hall–Kier alpha value is -1.28. The first-order valence-electron chi connectivity index (χ1n) is 3.58. The molecule has 0 aliphatic carbocycles. The molecule has 60 valence electrons. The summed E-state index contributed by atoms with van der Waals surface area (Å²) in [6.07, 6.45) is 3.11. The molecule has 0 spiro atoms. The normalized spacial score (nSPS) is 10.4. The van der Waals surface area contributed by atoms with Gasteiger partial charge in [-0.05, 0) is 18.2 Å². The smallest absolute Gasteiger partial charge is 0.0461 e. The van der Waals surface area contributed by atoms with Crippen LogP contribution in [0.4, 0.5) is 0 Å². The number of benzene rings is 1. The van der Waals surface area contributed by atoms with Crippen LogP contribution in [0.3, 0.4) is 0 Å². The van der Waals surface area contributed by atoms with E-state index >= 15 is 0 Å². The molecule has 3 heteroatoms. The molecule has 0 saturated carbocycles. The molecule has 0 fully saturated rings. The minimum atomic E-state index is 0.699. The maximum Gasteiger partial charge on any atom is 0.0461 e. The van der Waals surface area contributed by atoms with E-state index in [0.29, 0.717) is 5.02 Å². The standard InChI is InChI=1S/C9H7ClN2/c10-7-1-2-9-8(3-7)6(4-11)5-12-9/h1-5,11-12H. The van der Waals surface area contributed by atoms with Gasteiger partial charge < -0.3 is 10.4 Å². The van der Waals surface area contributed by atoms with Crippen molar-refractivity contribution >= 4 is 28.7 Å². The molecule has 2 aromatic rings. The van der Waals surface area contributed by atoms with Gasteiger partial charge in [-0.3, -0.25) is 0 Å². The maximum atomic E-state index is 7.12. The second kappa shape index (κ2) is 2.64. The highest BCUT2D eigenvalue weighted by molar-refractivity contribution is 6.31. The van der Waals surface area contributed by atoms with Gasteiger partial charge in [-0.1, -0.05) is 11.6 Å². The van der Waals surface area contributed by atoms with Gasteiger partial charge in [0.25, 0.3) is 0 Å². The number of hydrogen-bond acceptors (Lipinski definition) is 1. The SMILES string of the molecule is N=Cc1c[nH]c2ccc(Cl)cc12. The van der Waals surface area contributed by atoms with Crippen LogP contribution in [0.2, 0.25) is 5.02 Å². The summed E-state index contributed by atoms with van der Waals surface area (Å²) in [4.78, 5) is 3.06. The molecule has 0 aliphatic heterocycles. The summed E-state index contributed by atoms with van der Waals surface area (Å²) in [5.41, 5.74) is 1.88. The number of halogens is 1. The molecule has 2 nitrogen and oxygen atoms in total. The summed E-state index contributed by atoms with van der Waals surface area (Å²) in [6.45, 7) is 0. The van der Waals surface area contributed by atoms with Crippen LogP contribution in [0, 0.1) is 5.41 Å². The highest BCUT2D eigenvalue weighted by Gasteiger charge is 2.00. The average Bonchev–Trinajstić information content (AvgIpc) is 2.46. The van der Waals surface area contributed by atoms with Crippen molar-refractivity contribution in [1.29, 1.82) is 5.41 Å². The monoisotopic (exact) mass is 178 g/mol. The zero-order valence-corrected chi connectivity index (χ0v) is 7.02. The quantitative estimate of drug-likeness (QED) is 0.631. The molecule has 0 saturated heterocycles. The van der Waals surface area contributed by atoms with Gasteiger partial charge >= 0.3 is 0 Å². The third-order valence-electron chi connectivity index (χ3n) is 1.83. The fourth-order valence-electron chi connectivity index (χ4n) is 1.23. The zero-order valence-electron chi connectivity index (χ0n) is 6.26. The molecule has 1 aromatic carbocycles. The van der Waals surface area contributed by atoms with Gasteiger partial charge in [-0.25, -0.2) is 0 Å². The summed E-state index contributed by atoms with van der Waals surface area (Å²) in [5.74, 6) is 0. The van der Waals surface area contributed by atoms with E-state index in [1.54, 1.807) is 6.20 Å². The molecular weight excluding hydrogens is 172 g/mol. The molecule has 2 N–H and O–H groups in total. The van der Waals surface area contributed by atoms with Crippen LogP contribution in [0.25, 0.3) is 10.9 Å². The number of nitrogens with one attached hydrogen (secondary N) is 2. The van der Waals surface area contributed by atoms with Crippen molar-refractivity contribution in [3.63, 3.8) is 0 Å². The van der Waals surface area contributed by atoms with E-state index in [-0.39, 0.29) is 0 Å². The van der Waals surface area contributed by atoms with Gasteiger partial charge in [0.05, 0.1) is 0 Å². The topological polar surface area (TPSA) is 39.6 Å². The summed E-state index contributed by atoms with van der Waals surface area (Å²) in [7, 11) is 0. The number of aromatic amines is 1. The Morgan fingerprint density at radius 3 is 3.00 bits per heavy atom. The van der Waals surface area contributed by atoms with Crippen LogP contribution in [0.1, 0.15) is 5.56 Å². The van der Waals surface area contributed by atoms with Crippen LogP contribution in [0.5, 0.6) is 0 Å². The lowest BCUT2D eigenvalue weighted by Crippen LogP contribution is -1.73. The highest BCUT2D eigenvalue weighted by atomic mass is 35.5. The van der Waals surface area contributed by atoms with Crippen LogP contribution < -0.4 is 0 Å². The second-order valence-corrected chi connectivity index (χ2v) is 3.01. The Bertz CT molecular complexity index is 431. The highest BCUT2D eigenvalue weighted by Crippen LogP contribution is 2.20. The third-order valence-corrected chi connectivity index (χ3v) is 2.07. The predicted octanol–water partition coefficient (Wildman–Crippen LogP) is 2.82. The van der Waals surface area contributed by atoms with Crippen LogP contribution >= 0.6 is 11.6 Å². The van der Waals surface area contributed by atoms with Crippen LogP contribution in [0.15, 0.2) is 24.4 Å². The number of rotatable bonds is 1. The van der Waals surface area contributed by atoms with Gasteiger partial charge in [0.2, 0.25) is 0 Å². The minimum Gasteiger partial charge on any atom is -0.361 e. The first-order valence-corrected chi connectivity index (χ1v) is 3.96. The van der Waals surface area contributed by atoms with Crippen molar-refractivity contribution in [2.75, 3.05) is 0 Å². The van der Waals surface area contributed by atoms with Gasteiger partial charge in [0.1, 0.15) is 0 Å². The third kappa shape index (κ3) is 1.01. The van der Waals surface area contributed by atoms with Crippen molar-refractivity contribution in [3.05, 3.63) is 35.0 Å². The molecule has 0 atom stereocenters. The predicted molar refractivity (Wildman–Crippen MR) is 51.2 cm³/mol. The summed E-state index contributed by atoms with van der Waals surface area (Å²) in [6, 6.07) is 5.59. The van der Waals surface area contributed by atoms with E-state index in [4.69, 9.17) is 17.0 Å². The van der Waals surface area contributed by atoms with Crippen molar-refractivity contribution in [2.45, 2.75) is 0 Å². The fraction of sp³-hybridized carbons (Fsp3) is 0. The zero-order chi connectivity index (χ0) is 8.55. The van der Waals surface area contributed by atoms with Crippen molar-refractivity contribution in [3.8, 4) is 0 Å². The Morgan fingerprint density at radius 2 is 2.25 bits per heavy atom. The fourth-order valence-corrected chi connectivity index (χ4v) is 1.41. The molecule has 0 aliphatic rings. The van der Waals surface area contributed by atoms with Crippen molar-refractivity contribution in [1.82, 2.24) is 4.98 Å². The van der Waals surface area contributed by atoms with Crippen molar-refractivity contribution in [2.24, 2.45) is 0 Å². The average molecular weight is 179 g/mol. The molecule has 1 aromatic heterocycles. The van der Waals surface area contributed by atoms with Crippen LogP contribution in [-0.4, -0.2) is 11.2 Å². The molecule has 2 rings (SSSR count). The summed E-state index contributed by atoms with van der Waals surface area (Å²) >= 11 is 5.82. The summed E-state index contributed by atoms with van der Waals surface area (Å²) < 4.78 is 0. The molecular formula is C9H7ClN2. The van der Waals surface area contributed by atoms with Gasteiger partial charge in [0.15, 0.2) is 0 Å². The first-order chi connectivity index (χ1) is 5.81. The van der Waals surface area contributed by atoms with Crippen LogP contribution in [-0.2, 0) is 0 Å². The molecule has 0 bridgehead atoms. The Morgan fingerprint density at radius 1 is 1.42 bits per heavy atom. The molecule has 0 unspecified atom stereocenters. The Balaban J connectivity index is 2.83. The molecule has 1 heterocycles. The van der Waals surface area contributed by atoms with E-state index in [1.807, 2.05) is 18.2 Å². The number of fused-ring (bicyclic) bond motifs is 1. The molecule has 0 amide bonds. The number of H-pyrrole nitrogens is 1. The van der Waals surface area contributed by atoms with Gasteiger partial charge in [-0.2, -0.15) is 0 Å². The van der Waals surface area contributed by atoms with Crippen molar-refractivity contribution < 1.29 is 0 Å². The van der Waals surface area contributed by atoms with E-state index < -0.39 is 0 Å². The van der Waals surface area contributed by atoms with Gasteiger partial charge in [0, 0.05) is 33.9 Å². The number of aromatic nitrogens is 1. The lowest BCUT2D eigenvalue weighted by molar-refractivity contribution is 1.46. The van der Waals surface area contributed by atoms with E-state index in [0.717, 1.165) is 16.5 Å². The first kappa shape index (κ1) is 7.37. The maximum absolute atomic E-state index is 7.12. The minimum absolute atomic E-state index is 0.699. The lowest BCUT2D eigenvalue weighted by atomic mass is 10.2. The van der Waals surface area contributed by atoms with E-state index in [9.17, 15) is 0 Å². The Labute approximate surface area is 74.7 Å². The largest absolute Gasteiger partial charge is 0.361 e. The second-order valence-electron chi connectivity index (χ2n) is 2.58. The molecule has 0 radical (unpaired) electrons. The van der Waals surface area contributed by atoms with Gasteiger partial charge in [-0.15, -0.1) is 0 Å². The lowest BCUT2D eigenvalue weighted by Gasteiger charge is -1.91. The number of hydrogen-bond donors (Lipinski definition) is 2.